The minimum Gasteiger partial charge on any atom is -0.368 e. The monoisotopic (exact) mass is 271 g/mol. The highest BCUT2D eigenvalue weighted by molar-refractivity contribution is 7.85. The third kappa shape index (κ3) is 6.02. The first-order valence-corrected chi connectivity index (χ1v) is 7.86. The van der Waals surface area contributed by atoms with E-state index >= 15 is 0 Å². The van der Waals surface area contributed by atoms with Gasteiger partial charge in [-0.3, -0.25) is 4.55 Å². The topological polar surface area (TPSA) is 57.6 Å². The molecular weight excluding hydrogens is 250 g/mol. The molecule has 0 aliphatic carbocycles. The van der Waals surface area contributed by atoms with E-state index in [9.17, 15) is 8.42 Å². The van der Waals surface area contributed by atoms with Crippen LogP contribution in [0.4, 0.5) is 0 Å². The number of nitrogens with zero attached hydrogens (tertiary/aromatic N) is 1. The lowest BCUT2D eigenvalue weighted by Crippen LogP contribution is -2.30. The van der Waals surface area contributed by atoms with Crippen molar-refractivity contribution < 1.29 is 13.0 Å². The van der Waals surface area contributed by atoms with Crippen molar-refractivity contribution in [1.82, 2.24) is 4.90 Å². The van der Waals surface area contributed by atoms with E-state index < -0.39 is 10.1 Å². The van der Waals surface area contributed by atoms with Gasteiger partial charge in [-0.1, -0.05) is 31.2 Å². The summed E-state index contributed by atoms with van der Waals surface area (Å²) in [6, 6.07) is 0.251. The predicted molar refractivity (Wildman–Crippen MR) is 73.9 cm³/mol. The smallest absolute Gasteiger partial charge is 0.264 e. The predicted octanol–water partition coefficient (Wildman–Crippen LogP) is 2.37. The quantitative estimate of drug-likeness (QED) is 0.439. The van der Waals surface area contributed by atoms with Gasteiger partial charge in [-0.25, -0.2) is 0 Å². The Bertz CT molecular complexity index is 424. The van der Waals surface area contributed by atoms with Gasteiger partial charge in [0.15, 0.2) is 0 Å². The van der Waals surface area contributed by atoms with Gasteiger partial charge in [-0.05, 0) is 31.5 Å². The molecule has 18 heavy (non-hydrogen) atoms. The number of rotatable bonds is 7. The van der Waals surface area contributed by atoms with Crippen LogP contribution in [0.25, 0.3) is 0 Å². The van der Waals surface area contributed by atoms with E-state index in [0.29, 0.717) is 6.42 Å². The SMILES string of the molecule is CCC=CC1C=CC=CN1CCCCS(=O)(=O)O. The van der Waals surface area contributed by atoms with Crippen LogP contribution in [0.1, 0.15) is 26.2 Å². The van der Waals surface area contributed by atoms with Crippen LogP contribution in [-0.4, -0.2) is 36.2 Å². The molecule has 102 valence electrons. The van der Waals surface area contributed by atoms with Gasteiger partial charge < -0.3 is 4.90 Å². The first kappa shape index (κ1) is 15.0. The molecule has 4 nitrogen and oxygen atoms in total. The zero-order chi connectivity index (χ0) is 13.4. The highest BCUT2D eigenvalue weighted by atomic mass is 32.2. The van der Waals surface area contributed by atoms with Crippen molar-refractivity contribution in [2.75, 3.05) is 12.3 Å². The summed E-state index contributed by atoms with van der Waals surface area (Å²) in [6.45, 7) is 2.88. The van der Waals surface area contributed by atoms with Gasteiger partial charge >= 0.3 is 0 Å². The summed E-state index contributed by atoms with van der Waals surface area (Å²) < 4.78 is 29.8. The average Bonchev–Trinajstić information content (AvgIpc) is 2.32. The molecule has 0 spiro atoms. The molecule has 0 amide bonds. The van der Waals surface area contributed by atoms with E-state index in [1.807, 2.05) is 18.4 Å². The molecule has 1 atom stereocenters. The van der Waals surface area contributed by atoms with Gasteiger partial charge in [0.05, 0.1) is 11.8 Å². The fraction of sp³-hybridized carbons (Fsp3) is 0.538. The molecule has 5 heteroatoms. The molecule has 0 saturated carbocycles. The molecule has 0 aromatic heterocycles. The Kier molecular flexibility index (Phi) is 6.15. The highest BCUT2D eigenvalue weighted by Crippen LogP contribution is 2.11. The number of unbranched alkanes of at least 4 members (excludes halogenated alkanes) is 1. The summed E-state index contributed by atoms with van der Waals surface area (Å²) in [5, 5.41) is 0. The van der Waals surface area contributed by atoms with Crippen molar-refractivity contribution in [2.45, 2.75) is 32.2 Å². The van der Waals surface area contributed by atoms with Gasteiger partial charge in [0.2, 0.25) is 0 Å². The molecule has 1 aliphatic rings. The van der Waals surface area contributed by atoms with E-state index in [0.717, 1.165) is 19.4 Å². The summed E-state index contributed by atoms with van der Waals surface area (Å²) in [6.07, 6.45) is 14.6. The largest absolute Gasteiger partial charge is 0.368 e. The van der Waals surface area contributed by atoms with Crippen LogP contribution >= 0.6 is 0 Å². The Hall–Kier alpha value is -1.07. The van der Waals surface area contributed by atoms with E-state index in [1.165, 1.54) is 0 Å². The third-order valence-electron chi connectivity index (χ3n) is 2.72. The minimum atomic E-state index is -3.82. The van der Waals surface area contributed by atoms with Crippen molar-refractivity contribution in [3.63, 3.8) is 0 Å². The van der Waals surface area contributed by atoms with Crippen LogP contribution in [0, 0.1) is 0 Å². The van der Waals surface area contributed by atoms with E-state index in [4.69, 9.17) is 4.55 Å². The molecule has 0 aromatic rings. The zero-order valence-corrected chi connectivity index (χ0v) is 11.5. The molecule has 0 aromatic carbocycles. The van der Waals surface area contributed by atoms with E-state index in [2.05, 4.69) is 30.1 Å². The lowest BCUT2D eigenvalue weighted by molar-refractivity contribution is 0.348. The number of hydrogen-bond donors (Lipinski definition) is 1. The Morgan fingerprint density at radius 1 is 1.33 bits per heavy atom. The molecule has 0 bridgehead atoms. The normalized spacial score (nSPS) is 19.9. The second kappa shape index (κ2) is 7.38. The average molecular weight is 271 g/mol. The van der Waals surface area contributed by atoms with Crippen molar-refractivity contribution in [1.29, 1.82) is 0 Å². The zero-order valence-electron chi connectivity index (χ0n) is 10.7. The third-order valence-corrected chi connectivity index (χ3v) is 3.52. The standard InChI is InChI=1S/C13H21NO3S/c1-2-3-8-13-9-4-5-10-14(13)11-6-7-12-18(15,16)17/h3-5,8-10,13H,2,6-7,11-12H2,1H3,(H,15,16,17). The van der Waals surface area contributed by atoms with Crippen LogP contribution in [0.5, 0.6) is 0 Å². The molecule has 0 saturated heterocycles. The van der Waals surface area contributed by atoms with E-state index in [1.54, 1.807) is 0 Å². The van der Waals surface area contributed by atoms with Gasteiger partial charge in [0.25, 0.3) is 10.1 Å². The summed E-state index contributed by atoms with van der Waals surface area (Å²) in [4.78, 5) is 2.16. The van der Waals surface area contributed by atoms with Crippen LogP contribution in [0.3, 0.4) is 0 Å². The summed E-state index contributed by atoms with van der Waals surface area (Å²) >= 11 is 0. The first-order valence-electron chi connectivity index (χ1n) is 6.25. The molecular formula is C13H21NO3S. The second-order valence-corrected chi connectivity index (χ2v) is 5.86. The first-order chi connectivity index (χ1) is 8.53. The summed E-state index contributed by atoms with van der Waals surface area (Å²) in [5.74, 6) is -0.157. The van der Waals surface area contributed by atoms with Gasteiger partial charge in [-0.15, -0.1) is 0 Å². The van der Waals surface area contributed by atoms with Crippen molar-refractivity contribution >= 4 is 10.1 Å². The van der Waals surface area contributed by atoms with Crippen LogP contribution in [0.15, 0.2) is 36.6 Å². The second-order valence-electron chi connectivity index (χ2n) is 4.28. The molecule has 1 heterocycles. The van der Waals surface area contributed by atoms with Gasteiger partial charge in [-0.2, -0.15) is 8.42 Å². The lowest BCUT2D eigenvalue weighted by atomic mass is 10.1. The van der Waals surface area contributed by atoms with Crippen molar-refractivity contribution in [3.8, 4) is 0 Å². The van der Waals surface area contributed by atoms with Gasteiger partial charge in [0, 0.05) is 6.54 Å². The Balaban J connectivity index is 2.37. The van der Waals surface area contributed by atoms with Crippen molar-refractivity contribution in [3.05, 3.63) is 36.6 Å². The fourth-order valence-corrected chi connectivity index (χ4v) is 2.37. The molecule has 1 N–H and O–H groups in total. The Labute approximate surface area is 109 Å². The van der Waals surface area contributed by atoms with Crippen LogP contribution in [0.2, 0.25) is 0 Å². The molecule has 1 unspecified atom stereocenters. The highest BCUT2D eigenvalue weighted by Gasteiger charge is 2.11. The van der Waals surface area contributed by atoms with Gasteiger partial charge in [0.1, 0.15) is 0 Å². The molecule has 1 rings (SSSR count). The fourth-order valence-electron chi connectivity index (χ4n) is 1.80. The minimum absolute atomic E-state index is 0.157. The lowest BCUT2D eigenvalue weighted by Gasteiger charge is -2.28. The maximum absolute atomic E-state index is 10.6. The number of hydrogen-bond acceptors (Lipinski definition) is 3. The van der Waals surface area contributed by atoms with Crippen LogP contribution < -0.4 is 0 Å². The maximum atomic E-state index is 10.6. The van der Waals surface area contributed by atoms with Crippen LogP contribution in [-0.2, 0) is 10.1 Å². The summed E-state index contributed by atoms with van der Waals surface area (Å²) in [7, 11) is -3.82. The Morgan fingerprint density at radius 2 is 2.11 bits per heavy atom. The van der Waals surface area contributed by atoms with E-state index in [-0.39, 0.29) is 11.8 Å². The Morgan fingerprint density at radius 3 is 2.78 bits per heavy atom. The summed E-state index contributed by atoms with van der Waals surface area (Å²) in [5.41, 5.74) is 0. The van der Waals surface area contributed by atoms with Crippen molar-refractivity contribution in [2.24, 2.45) is 0 Å². The molecule has 0 radical (unpaired) electrons. The number of allylic oxidation sites excluding steroid dienone is 3. The maximum Gasteiger partial charge on any atom is 0.264 e. The molecule has 0 fully saturated rings. The molecule has 1 aliphatic heterocycles.